The second kappa shape index (κ2) is 5.15. The number of hydrogen-bond acceptors (Lipinski definition) is 1. The summed E-state index contributed by atoms with van der Waals surface area (Å²) in [5.74, 6) is -0.00655. The molecule has 0 heterocycles. The summed E-state index contributed by atoms with van der Waals surface area (Å²) in [6.07, 6.45) is 0. The van der Waals surface area contributed by atoms with Crippen molar-refractivity contribution in [3.05, 3.63) is 64.6 Å². The molecule has 0 aliphatic carbocycles. The highest BCUT2D eigenvalue weighted by molar-refractivity contribution is 9.10. The molecule has 17 heavy (non-hydrogen) atoms. The van der Waals surface area contributed by atoms with E-state index in [0.29, 0.717) is 5.56 Å². The lowest BCUT2D eigenvalue weighted by molar-refractivity contribution is 0.0993. The van der Waals surface area contributed by atoms with Crippen LogP contribution in [0.25, 0.3) is 0 Å². The predicted octanol–water partition coefficient (Wildman–Crippen LogP) is 3.73. The summed E-state index contributed by atoms with van der Waals surface area (Å²) < 4.78 is 1.00. The van der Waals surface area contributed by atoms with E-state index < -0.39 is 0 Å². The molecule has 0 unspecified atom stereocenters. The lowest BCUT2D eigenvalue weighted by atomic mass is 10.2. The van der Waals surface area contributed by atoms with Crippen LogP contribution in [0, 0.1) is 0 Å². The highest BCUT2D eigenvalue weighted by atomic mass is 79.9. The molecule has 0 atom stereocenters. The lowest BCUT2D eigenvalue weighted by Crippen LogP contribution is -2.25. The van der Waals surface area contributed by atoms with Crippen molar-refractivity contribution >= 4 is 27.5 Å². The van der Waals surface area contributed by atoms with Gasteiger partial charge in [0.1, 0.15) is 0 Å². The Balaban J connectivity index is 2.23. The molecule has 0 aromatic heterocycles. The van der Waals surface area contributed by atoms with Crippen molar-refractivity contribution in [1.82, 2.24) is 0 Å². The summed E-state index contributed by atoms with van der Waals surface area (Å²) in [5, 5.41) is 0. The van der Waals surface area contributed by atoms with Crippen molar-refractivity contribution < 1.29 is 4.79 Å². The Morgan fingerprint density at radius 3 is 2.18 bits per heavy atom. The van der Waals surface area contributed by atoms with Crippen LogP contribution in [-0.2, 0) is 0 Å². The van der Waals surface area contributed by atoms with Crippen LogP contribution in [0.15, 0.2) is 59.1 Å². The van der Waals surface area contributed by atoms with E-state index in [0.717, 1.165) is 10.2 Å². The van der Waals surface area contributed by atoms with Crippen molar-refractivity contribution in [3.63, 3.8) is 0 Å². The van der Waals surface area contributed by atoms with Gasteiger partial charge in [-0.2, -0.15) is 0 Å². The molecule has 0 aliphatic rings. The van der Waals surface area contributed by atoms with Gasteiger partial charge in [0.2, 0.25) is 0 Å². The molecule has 0 saturated carbocycles. The first kappa shape index (κ1) is 11.9. The quantitative estimate of drug-likeness (QED) is 0.825. The highest BCUT2D eigenvalue weighted by Crippen LogP contribution is 2.18. The molecule has 0 fully saturated rings. The van der Waals surface area contributed by atoms with Crippen LogP contribution in [0.5, 0.6) is 0 Å². The van der Waals surface area contributed by atoms with Gasteiger partial charge in [0.05, 0.1) is 0 Å². The zero-order chi connectivity index (χ0) is 12.3. The van der Waals surface area contributed by atoms with E-state index in [2.05, 4.69) is 15.9 Å². The largest absolute Gasteiger partial charge is 0.311 e. The van der Waals surface area contributed by atoms with Gasteiger partial charge in [-0.25, -0.2) is 0 Å². The van der Waals surface area contributed by atoms with E-state index in [1.54, 1.807) is 11.9 Å². The van der Waals surface area contributed by atoms with Crippen molar-refractivity contribution in [3.8, 4) is 0 Å². The Morgan fingerprint density at radius 1 is 1.00 bits per heavy atom. The minimum absolute atomic E-state index is 0.00655. The maximum atomic E-state index is 12.1. The Labute approximate surface area is 109 Å². The lowest BCUT2D eigenvalue weighted by Gasteiger charge is -2.17. The number of benzene rings is 2. The Hall–Kier alpha value is -1.61. The normalized spacial score (nSPS) is 10.0. The maximum Gasteiger partial charge on any atom is 0.258 e. The Kier molecular flexibility index (Phi) is 3.59. The summed E-state index contributed by atoms with van der Waals surface area (Å²) >= 11 is 3.37. The first-order valence-electron chi connectivity index (χ1n) is 5.27. The van der Waals surface area contributed by atoms with Gasteiger partial charge in [-0.15, -0.1) is 0 Å². The number of amides is 1. The summed E-state index contributed by atoms with van der Waals surface area (Å²) in [7, 11) is 1.78. The van der Waals surface area contributed by atoms with E-state index in [4.69, 9.17) is 0 Å². The SMILES string of the molecule is CN(C(=O)c1ccccc1)c1ccc(Br)cc1. The third-order valence-corrected chi connectivity index (χ3v) is 3.07. The van der Waals surface area contributed by atoms with Gasteiger partial charge >= 0.3 is 0 Å². The van der Waals surface area contributed by atoms with Gasteiger partial charge in [0, 0.05) is 22.8 Å². The third kappa shape index (κ3) is 2.74. The Morgan fingerprint density at radius 2 is 1.59 bits per heavy atom. The summed E-state index contributed by atoms with van der Waals surface area (Å²) in [5.41, 5.74) is 1.57. The number of nitrogens with zero attached hydrogens (tertiary/aromatic N) is 1. The predicted molar refractivity (Wildman–Crippen MR) is 73.3 cm³/mol. The van der Waals surface area contributed by atoms with E-state index in [9.17, 15) is 4.79 Å². The van der Waals surface area contributed by atoms with Gasteiger partial charge in [0.15, 0.2) is 0 Å². The standard InChI is InChI=1S/C14H12BrNO/c1-16(13-9-7-12(15)8-10-13)14(17)11-5-3-2-4-6-11/h2-10H,1H3. The van der Waals surface area contributed by atoms with Crippen LogP contribution in [-0.4, -0.2) is 13.0 Å². The van der Waals surface area contributed by atoms with Gasteiger partial charge in [-0.3, -0.25) is 4.79 Å². The Bertz CT molecular complexity index is 508. The van der Waals surface area contributed by atoms with Crippen LogP contribution < -0.4 is 4.90 Å². The second-order valence-corrected chi connectivity index (χ2v) is 4.62. The second-order valence-electron chi connectivity index (χ2n) is 3.71. The number of anilines is 1. The van der Waals surface area contributed by atoms with Crippen LogP contribution in [0.3, 0.4) is 0 Å². The molecule has 0 bridgehead atoms. The maximum absolute atomic E-state index is 12.1. The fourth-order valence-electron chi connectivity index (χ4n) is 1.56. The monoisotopic (exact) mass is 289 g/mol. The molecule has 2 nitrogen and oxygen atoms in total. The van der Waals surface area contributed by atoms with Crippen LogP contribution in [0.2, 0.25) is 0 Å². The number of hydrogen-bond donors (Lipinski definition) is 0. The van der Waals surface area contributed by atoms with Crippen LogP contribution in [0.1, 0.15) is 10.4 Å². The third-order valence-electron chi connectivity index (χ3n) is 2.54. The number of carbonyl (C=O) groups excluding carboxylic acids is 1. The minimum Gasteiger partial charge on any atom is -0.311 e. The summed E-state index contributed by atoms with van der Waals surface area (Å²) in [4.78, 5) is 13.8. The zero-order valence-electron chi connectivity index (χ0n) is 9.43. The van der Waals surface area contributed by atoms with Crippen molar-refractivity contribution in [1.29, 1.82) is 0 Å². The summed E-state index contributed by atoms with van der Waals surface area (Å²) in [6.45, 7) is 0. The molecule has 3 heteroatoms. The summed E-state index contributed by atoms with van der Waals surface area (Å²) in [6, 6.07) is 16.9. The van der Waals surface area contributed by atoms with Crippen molar-refractivity contribution in [2.75, 3.05) is 11.9 Å². The molecule has 86 valence electrons. The van der Waals surface area contributed by atoms with Gasteiger partial charge in [-0.1, -0.05) is 34.1 Å². The van der Waals surface area contributed by atoms with Crippen LogP contribution >= 0.6 is 15.9 Å². The highest BCUT2D eigenvalue weighted by Gasteiger charge is 2.12. The van der Waals surface area contributed by atoms with Gasteiger partial charge in [0.25, 0.3) is 5.91 Å². The van der Waals surface area contributed by atoms with Gasteiger partial charge in [-0.05, 0) is 36.4 Å². The molecule has 1 amide bonds. The molecular formula is C14H12BrNO. The van der Waals surface area contributed by atoms with E-state index in [1.165, 1.54) is 0 Å². The molecule has 0 radical (unpaired) electrons. The minimum atomic E-state index is -0.00655. The van der Waals surface area contributed by atoms with Crippen LogP contribution in [0.4, 0.5) is 5.69 Å². The molecule has 0 saturated heterocycles. The smallest absolute Gasteiger partial charge is 0.258 e. The number of rotatable bonds is 2. The van der Waals surface area contributed by atoms with E-state index in [-0.39, 0.29) is 5.91 Å². The fourth-order valence-corrected chi connectivity index (χ4v) is 1.82. The zero-order valence-corrected chi connectivity index (χ0v) is 11.0. The number of carbonyl (C=O) groups is 1. The first-order valence-corrected chi connectivity index (χ1v) is 6.06. The van der Waals surface area contributed by atoms with E-state index >= 15 is 0 Å². The topological polar surface area (TPSA) is 20.3 Å². The molecular weight excluding hydrogens is 278 g/mol. The molecule has 0 aliphatic heterocycles. The average molecular weight is 290 g/mol. The number of halogens is 1. The van der Waals surface area contributed by atoms with Crippen molar-refractivity contribution in [2.45, 2.75) is 0 Å². The van der Waals surface area contributed by atoms with Crippen molar-refractivity contribution in [2.24, 2.45) is 0 Å². The fraction of sp³-hybridized carbons (Fsp3) is 0.0714. The molecule has 0 N–H and O–H groups in total. The van der Waals surface area contributed by atoms with E-state index in [1.807, 2.05) is 54.6 Å². The molecule has 2 aromatic carbocycles. The molecule has 2 rings (SSSR count). The first-order chi connectivity index (χ1) is 8.18. The molecule has 2 aromatic rings. The van der Waals surface area contributed by atoms with Gasteiger partial charge < -0.3 is 4.90 Å². The average Bonchev–Trinajstić information content (AvgIpc) is 2.39. The molecule has 0 spiro atoms.